The highest BCUT2D eigenvalue weighted by Crippen LogP contribution is 2.30. The van der Waals surface area contributed by atoms with E-state index in [0.29, 0.717) is 6.42 Å². The first kappa shape index (κ1) is 22.0. The van der Waals surface area contributed by atoms with Crippen LogP contribution < -0.4 is 5.73 Å². The van der Waals surface area contributed by atoms with Crippen LogP contribution >= 0.6 is 0 Å². The first-order chi connectivity index (χ1) is 9.73. The summed E-state index contributed by atoms with van der Waals surface area (Å²) in [5.74, 6) is -0.716. The largest absolute Gasteiger partial charge is 0.460 e. The average molecular weight is 309 g/mol. The van der Waals surface area contributed by atoms with Gasteiger partial charge in [0, 0.05) is 0 Å². The molecule has 0 saturated heterocycles. The number of alkyl halides is 3. The molecule has 0 fully saturated rings. The van der Waals surface area contributed by atoms with Crippen molar-refractivity contribution in [1.82, 2.24) is 0 Å². The summed E-state index contributed by atoms with van der Waals surface area (Å²) in [5, 5.41) is 0. The van der Waals surface area contributed by atoms with Gasteiger partial charge in [-0.05, 0) is 25.3 Å². The van der Waals surface area contributed by atoms with Crippen molar-refractivity contribution in [2.24, 2.45) is 5.73 Å². The number of hydrogen-bond acceptors (Lipinski definition) is 3. The molecule has 0 aromatic rings. The molecule has 3 nitrogen and oxygen atoms in total. The fourth-order valence-electron chi connectivity index (χ4n) is 1.31. The topological polar surface area (TPSA) is 52.3 Å². The second kappa shape index (κ2) is 11.4. The standard InChI is InChI=1S/C13H20F3NO2.C2H6/c1-4-6-7-11(13(14,15)16)10(5-2)8-19-12(18)9(3)17;1-2/h6-7,9H,4-5,8,17H2,1-3H3;1-2H3/b7-6-,11-10-;. The predicted octanol–water partition coefficient (Wildman–Crippen LogP) is 4.14. The van der Waals surface area contributed by atoms with Gasteiger partial charge < -0.3 is 10.5 Å². The van der Waals surface area contributed by atoms with Crippen LogP contribution in [0.5, 0.6) is 0 Å². The average Bonchev–Trinajstić information content (AvgIpc) is 2.42. The van der Waals surface area contributed by atoms with Crippen molar-refractivity contribution in [1.29, 1.82) is 0 Å². The Hall–Kier alpha value is -1.30. The Bertz CT molecular complexity index is 358. The van der Waals surface area contributed by atoms with E-state index in [1.165, 1.54) is 13.0 Å². The third-order valence-electron chi connectivity index (χ3n) is 2.39. The number of halogens is 3. The predicted molar refractivity (Wildman–Crippen MR) is 78.8 cm³/mol. The van der Waals surface area contributed by atoms with Gasteiger partial charge in [-0.25, -0.2) is 0 Å². The van der Waals surface area contributed by atoms with E-state index in [-0.39, 0.29) is 18.6 Å². The molecule has 0 aromatic heterocycles. The van der Waals surface area contributed by atoms with Crippen molar-refractivity contribution >= 4 is 5.97 Å². The lowest BCUT2D eigenvalue weighted by atomic mass is 10.1. The van der Waals surface area contributed by atoms with Gasteiger partial charge >= 0.3 is 12.1 Å². The van der Waals surface area contributed by atoms with Crippen molar-refractivity contribution in [2.45, 2.75) is 59.7 Å². The summed E-state index contributed by atoms with van der Waals surface area (Å²) in [4.78, 5) is 11.2. The van der Waals surface area contributed by atoms with Crippen LogP contribution in [0.2, 0.25) is 0 Å². The van der Waals surface area contributed by atoms with E-state index < -0.39 is 23.8 Å². The SMILES string of the molecule is CC.CC/C=C\C(=C(/CC)COC(=O)C(C)N)C(F)(F)F. The van der Waals surface area contributed by atoms with Crippen LogP contribution in [0.1, 0.15) is 47.5 Å². The zero-order chi connectivity index (χ0) is 17.1. The van der Waals surface area contributed by atoms with E-state index in [9.17, 15) is 18.0 Å². The van der Waals surface area contributed by atoms with Gasteiger partial charge in [0.15, 0.2) is 0 Å². The van der Waals surface area contributed by atoms with Crippen molar-refractivity contribution < 1.29 is 22.7 Å². The van der Waals surface area contributed by atoms with Crippen LogP contribution in [0, 0.1) is 0 Å². The van der Waals surface area contributed by atoms with Crippen molar-refractivity contribution in [3.05, 3.63) is 23.3 Å². The molecule has 0 spiro atoms. The van der Waals surface area contributed by atoms with E-state index >= 15 is 0 Å². The molecule has 0 rings (SSSR count). The molecular weight excluding hydrogens is 283 g/mol. The number of carbonyl (C=O) groups excluding carboxylic acids is 1. The Morgan fingerprint density at radius 3 is 2.14 bits per heavy atom. The van der Waals surface area contributed by atoms with E-state index in [1.54, 1.807) is 13.8 Å². The molecule has 124 valence electrons. The summed E-state index contributed by atoms with van der Waals surface area (Å²) < 4.78 is 43.4. The molecule has 21 heavy (non-hydrogen) atoms. The fourth-order valence-corrected chi connectivity index (χ4v) is 1.31. The van der Waals surface area contributed by atoms with Gasteiger partial charge in [0.1, 0.15) is 12.6 Å². The summed E-state index contributed by atoms with van der Waals surface area (Å²) in [5.41, 5.74) is 4.56. The summed E-state index contributed by atoms with van der Waals surface area (Å²) in [6, 6.07) is -0.848. The number of allylic oxidation sites excluding steroid dienone is 3. The Morgan fingerprint density at radius 1 is 1.29 bits per heavy atom. The zero-order valence-electron chi connectivity index (χ0n) is 13.4. The molecule has 0 aliphatic rings. The fraction of sp³-hybridized carbons (Fsp3) is 0.667. The maximum Gasteiger partial charge on any atom is 0.416 e. The number of nitrogens with two attached hydrogens (primary N) is 1. The molecule has 1 unspecified atom stereocenters. The Morgan fingerprint density at radius 2 is 1.81 bits per heavy atom. The van der Waals surface area contributed by atoms with E-state index in [0.717, 1.165) is 6.08 Å². The Kier molecular flexibility index (Phi) is 11.9. The quantitative estimate of drug-likeness (QED) is 0.592. The summed E-state index contributed by atoms with van der Waals surface area (Å²) in [6.45, 7) is 8.35. The molecular formula is C15H26F3NO2. The van der Waals surface area contributed by atoms with Crippen LogP contribution in [-0.2, 0) is 9.53 Å². The lowest BCUT2D eigenvalue weighted by Crippen LogP contribution is -2.29. The monoisotopic (exact) mass is 309 g/mol. The highest BCUT2D eigenvalue weighted by Gasteiger charge is 2.34. The van der Waals surface area contributed by atoms with Crippen LogP contribution in [0.25, 0.3) is 0 Å². The van der Waals surface area contributed by atoms with Crippen molar-refractivity contribution in [3.63, 3.8) is 0 Å². The number of rotatable bonds is 6. The number of hydrogen-bond donors (Lipinski definition) is 1. The number of esters is 1. The first-order valence-corrected chi connectivity index (χ1v) is 7.11. The molecule has 1 atom stereocenters. The van der Waals surface area contributed by atoms with Crippen LogP contribution in [0.4, 0.5) is 13.2 Å². The molecule has 0 amide bonds. The van der Waals surface area contributed by atoms with E-state index in [2.05, 4.69) is 0 Å². The lowest BCUT2D eigenvalue weighted by molar-refractivity contribution is -0.144. The van der Waals surface area contributed by atoms with Crippen molar-refractivity contribution in [3.8, 4) is 0 Å². The lowest BCUT2D eigenvalue weighted by Gasteiger charge is -2.15. The van der Waals surface area contributed by atoms with Gasteiger partial charge in [-0.15, -0.1) is 0 Å². The van der Waals surface area contributed by atoms with E-state index in [4.69, 9.17) is 10.5 Å². The molecule has 2 N–H and O–H groups in total. The number of carbonyl (C=O) groups is 1. The zero-order valence-corrected chi connectivity index (χ0v) is 13.4. The van der Waals surface area contributed by atoms with Gasteiger partial charge in [-0.2, -0.15) is 13.2 Å². The maximum absolute atomic E-state index is 12.9. The second-order valence-corrected chi connectivity index (χ2v) is 4.08. The molecule has 0 aromatic carbocycles. The number of ether oxygens (including phenoxy) is 1. The molecule has 0 bridgehead atoms. The minimum Gasteiger partial charge on any atom is -0.460 e. The summed E-state index contributed by atoms with van der Waals surface area (Å²) in [6.07, 6.45) is -1.37. The van der Waals surface area contributed by atoms with Gasteiger partial charge in [-0.3, -0.25) is 4.79 Å². The van der Waals surface area contributed by atoms with Gasteiger partial charge in [-0.1, -0.05) is 39.8 Å². The van der Waals surface area contributed by atoms with Crippen LogP contribution in [0.15, 0.2) is 23.3 Å². The van der Waals surface area contributed by atoms with Crippen molar-refractivity contribution in [2.75, 3.05) is 6.61 Å². The Balaban J connectivity index is 0. The highest BCUT2D eigenvalue weighted by atomic mass is 19.4. The molecule has 0 aliphatic carbocycles. The second-order valence-electron chi connectivity index (χ2n) is 4.08. The van der Waals surface area contributed by atoms with E-state index in [1.807, 2.05) is 13.8 Å². The van der Waals surface area contributed by atoms with Gasteiger partial charge in [0.25, 0.3) is 0 Å². The Labute approximate surface area is 125 Å². The van der Waals surface area contributed by atoms with Gasteiger partial charge in [0.05, 0.1) is 5.57 Å². The minimum atomic E-state index is -4.46. The first-order valence-electron chi connectivity index (χ1n) is 7.11. The van der Waals surface area contributed by atoms with Crippen LogP contribution in [0.3, 0.4) is 0 Å². The molecule has 0 saturated carbocycles. The summed E-state index contributed by atoms with van der Waals surface area (Å²) >= 11 is 0. The molecule has 6 heteroatoms. The maximum atomic E-state index is 12.9. The van der Waals surface area contributed by atoms with Crippen LogP contribution in [-0.4, -0.2) is 24.8 Å². The molecule has 0 aliphatic heterocycles. The third-order valence-corrected chi connectivity index (χ3v) is 2.39. The molecule has 0 heterocycles. The molecule has 0 radical (unpaired) electrons. The highest BCUT2D eigenvalue weighted by molar-refractivity contribution is 5.75. The van der Waals surface area contributed by atoms with Gasteiger partial charge in [0.2, 0.25) is 0 Å². The third kappa shape index (κ3) is 9.28. The smallest absolute Gasteiger partial charge is 0.416 e. The minimum absolute atomic E-state index is 0.0335. The normalized spacial score (nSPS) is 14.1. The summed E-state index contributed by atoms with van der Waals surface area (Å²) in [7, 11) is 0.